The Kier molecular flexibility index (Phi) is 7.21. The zero-order valence-corrected chi connectivity index (χ0v) is 18.6. The first-order valence-corrected chi connectivity index (χ1v) is 11.4. The first-order chi connectivity index (χ1) is 14.0. The van der Waals surface area contributed by atoms with Gasteiger partial charge in [0.15, 0.2) is 0 Å². The average molecular weight is 468 g/mol. The maximum atomic E-state index is 13.3. The minimum absolute atomic E-state index is 0. The summed E-state index contributed by atoms with van der Waals surface area (Å²) >= 11 is 6.53. The van der Waals surface area contributed by atoms with Crippen molar-refractivity contribution in [3.8, 4) is 0 Å². The van der Waals surface area contributed by atoms with Crippen molar-refractivity contribution in [3.63, 3.8) is 0 Å². The smallest absolute Gasteiger partial charge is 0.258 e. The predicted molar refractivity (Wildman–Crippen MR) is 122 cm³/mol. The van der Waals surface area contributed by atoms with Crippen LogP contribution in [0.1, 0.15) is 12.0 Å². The lowest BCUT2D eigenvalue weighted by Crippen LogP contribution is -2.34. The van der Waals surface area contributed by atoms with Crippen molar-refractivity contribution >= 4 is 44.8 Å². The van der Waals surface area contributed by atoms with Crippen LogP contribution in [-0.2, 0) is 16.6 Å². The third-order valence-corrected chi connectivity index (χ3v) is 7.37. The van der Waals surface area contributed by atoms with E-state index in [-0.39, 0.29) is 27.9 Å². The summed E-state index contributed by atoms with van der Waals surface area (Å²) in [5.41, 5.74) is 0.702. The molecule has 1 saturated heterocycles. The van der Waals surface area contributed by atoms with Gasteiger partial charge in [0, 0.05) is 31.2 Å². The maximum Gasteiger partial charge on any atom is 0.258 e. The summed E-state index contributed by atoms with van der Waals surface area (Å²) in [4.78, 5) is 13.2. The molecular weight excluding hydrogens is 445 g/mol. The van der Waals surface area contributed by atoms with Gasteiger partial charge < -0.3 is 9.88 Å². The minimum atomic E-state index is -3.76. The van der Waals surface area contributed by atoms with E-state index < -0.39 is 10.0 Å². The topological polar surface area (TPSA) is 71.4 Å². The van der Waals surface area contributed by atoms with Gasteiger partial charge in [0.05, 0.1) is 21.8 Å². The summed E-state index contributed by atoms with van der Waals surface area (Å²) in [5, 5.41) is 4.06. The molecule has 0 saturated carbocycles. The van der Waals surface area contributed by atoms with Crippen LogP contribution in [0.4, 0.5) is 0 Å². The summed E-state index contributed by atoms with van der Waals surface area (Å²) in [6, 6.07) is 14.4. The molecular formula is C21H23Cl2N3O3S. The van der Waals surface area contributed by atoms with E-state index in [1.807, 2.05) is 30.3 Å². The molecule has 2 heterocycles. The SMILES string of the molecule is Cl.O=c1c2cccc(S(=O)(=O)N3CCCNCC3)c2c(Cl)cn1Cc1ccccc1. The Hall–Kier alpha value is -1.90. The van der Waals surface area contributed by atoms with E-state index in [9.17, 15) is 13.2 Å². The predicted octanol–water partition coefficient (Wildman–Crippen LogP) is 3.11. The van der Waals surface area contributed by atoms with E-state index >= 15 is 0 Å². The van der Waals surface area contributed by atoms with Crippen LogP contribution in [0, 0.1) is 0 Å². The van der Waals surface area contributed by atoms with Crippen molar-refractivity contribution in [1.29, 1.82) is 0 Å². The largest absolute Gasteiger partial charge is 0.315 e. The van der Waals surface area contributed by atoms with Gasteiger partial charge in [-0.15, -0.1) is 12.4 Å². The van der Waals surface area contributed by atoms with Crippen molar-refractivity contribution in [1.82, 2.24) is 14.2 Å². The Morgan fingerprint density at radius 3 is 2.53 bits per heavy atom. The quantitative estimate of drug-likeness (QED) is 0.639. The van der Waals surface area contributed by atoms with E-state index in [0.717, 1.165) is 18.5 Å². The highest BCUT2D eigenvalue weighted by atomic mass is 35.5. The molecule has 0 spiro atoms. The van der Waals surface area contributed by atoms with Gasteiger partial charge in [-0.05, 0) is 30.7 Å². The summed E-state index contributed by atoms with van der Waals surface area (Å²) in [7, 11) is -3.76. The average Bonchev–Trinajstić information content (AvgIpc) is 3.02. The van der Waals surface area contributed by atoms with Crippen LogP contribution < -0.4 is 10.9 Å². The Morgan fingerprint density at radius 1 is 1.00 bits per heavy atom. The van der Waals surface area contributed by atoms with E-state index in [0.29, 0.717) is 37.0 Å². The fraction of sp³-hybridized carbons (Fsp3) is 0.286. The van der Waals surface area contributed by atoms with Crippen LogP contribution in [0.15, 0.2) is 64.4 Å². The number of aromatic nitrogens is 1. The summed E-state index contributed by atoms with van der Waals surface area (Å²) in [6.07, 6.45) is 2.27. The molecule has 0 aliphatic carbocycles. The fourth-order valence-electron chi connectivity index (χ4n) is 3.68. The molecule has 0 amide bonds. The van der Waals surface area contributed by atoms with Gasteiger partial charge in [-0.25, -0.2) is 8.42 Å². The number of benzene rings is 2. The van der Waals surface area contributed by atoms with Gasteiger partial charge in [-0.1, -0.05) is 48.0 Å². The third kappa shape index (κ3) is 4.40. The fourth-order valence-corrected chi connectivity index (χ4v) is 5.77. The number of fused-ring (bicyclic) bond motifs is 1. The molecule has 1 aromatic heterocycles. The zero-order valence-electron chi connectivity index (χ0n) is 16.3. The first-order valence-electron chi connectivity index (χ1n) is 9.55. The molecule has 0 atom stereocenters. The van der Waals surface area contributed by atoms with E-state index in [2.05, 4.69) is 5.32 Å². The molecule has 0 bridgehead atoms. The molecule has 2 aromatic carbocycles. The summed E-state index contributed by atoms with van der Waals surface area (Å²) in [6.45, 7) is 2.58. The Labute approximate surface area is 186 Å². The van der Waals surface area contributed by atoms with Crippen LogP contribution in [-0.4, -0.2) is 43.5 Å². The van der Waals surface area contributed by atoms with E-state index in [1.165, 1.54) is 21.1 Å². The number of rotatable bonds is 4. The lowest BCUT2D eigenvalue weighted by molar-refractivity contribution is 0.432. The minimum Gasteiger partial charge on any atom is -0.315 e. The van der Waals surface area contributed by atoms with Gasteiger partial charge >= 0.3 is 0 Å². The van der Waals surface area contributed by atoms with Crippen LogP contribution in [0.3, 0.4) is 0 Å². The number of halogens is 2. The molecule has 9 heteroatoms. The van der Waals surface area contributed by atoms with Gasteiger partial charge in [0.25, 0.3) is 5.56 Å². The molecule has 30 heavy (non-hydrogen) atoms. The third-order valence-electron chi connectivity index (χ3n) is 5.14. The summed E-state index contributed by atoms with van der Waals surface area (Å²) < 4.78 is 29.6. The highest BCUT2D eigenvalue weighted by molar-refractivity contribution is 7.89. The van der Waals surface area contributed by atoms with Crippen LogP contribution in [0.5, 0.6) is 0 Å². The Bertz CT molecular complexity index is 1190. The van der Waals surface area contributed by atoms with Crippen LogP contribution >= 0.6 is 24.0 Å². The van der Waals surface area contributed by atoms with Gasteiger partial charge in [-0.3, -0.25) is 4.79 Å². The zero-order chi connectivity index (χ0) is 20.4. The number of pyridine rings is 1. The van der Waals surface area contributed by atoms with Gasteiger partial charge in [0.2, 0.25) is 10.0 Å². The first kappa shape index (κ1) is 22.8. The molecule has 1 aliphatic heterocycles. The van der Waals surface area contributed by atoms with Crippen LogP contribution in [0.25, 0.3) is 10.8 Å². The van der Waals surface area contributed by atoms with Crippen molar-refractivity contribution in [2.24, 2.45) is 0 Å². The van der Waals surface area contributed by atoms with Crippen molar-refractivity contribution in [2.75, 3.05) is 26.2 Å². The molecule has 6 nitrogen and oxygen atoms in total. The van der Waals surface area contributed by atoms with E-state index in [4.69, 9.17) is 11.6 Å². The van der Waals surface area contributed by atoms with Crippen molar-refractivity contribution < 1.29 is 8.42 Å². The van der Waals surface area contributed by atoms with Crippen molar-refractivity contribution in [3.05, 3.63) is 75.7 Å². The maximum absolute atomic E-state index is 13.3. The number of nitrogens with zero attached hydrogens (tertiary/aromatic N) is 2. The van der Waals surface area contributed by atoms with E-state index in [1.54, 1.807) is 12.1 Å². The number of nitrogens with one attached hydrogen (secondary N) is 1. The number of hydrogen-bond acceptors (Lipinski definition) is 4. The van der Waals surface area contributed by atoms with Gasteiger partial charge in [-0.2, -0.15) is 4.31 Å². The monoisotopic (exact) mass is 467 g/mol. The number of sulfonamides is 1. The molecule has 0 unspecified atom stereocenters. The molecule has 4 rings (SSSR count). The molecule has 0 radical (unpaired) electrons. The second-order valence-corrected chi connectivity index (χ2v) is 9.40. The Morgan fingerprint density at radius 2 is 1.77 bits per heavy atom. The molecule has 1 fully saturated rings. The standard InChI is InChI=1S/C21H22ClN3O3S.ClH/c22-18-15-24(14-16-6-2-1-3-7-16)21(26)17-8-4-9-19(20(17)18)29(27,28)25-12-5-10-23-11-13-25;/h1-4,6-9,15,23H,5,10-14H2;1H. The lowest BCUT2D eigenvalue weighted by Gasteiger charge is -2.21. The normalized spacial score (nSPS) is 15.5. The molecule has 1 aliphatic rings. The molecule has 160 valence electrons. The lowest BCUT2D eigenvalue weighted by atomic mass is 10.1. The second kappa shape index (κ2) is 9.49. The van der Waals surface area contributed by atoms with Gasteiger partial charge in [0.1, 0.15) is 0 Å². The van der Waals surface area contributed by atoms with Crippen molar-refractivity contribution in [2.45, 2.75) is 17.9 Å². The summed E-state index contributed by atoms with van der Waals surface area (Å²) in [5.74, 6) is 0. The molecule has 1 N–H and O–H groups in total. The molecule has 3 aromatic rings. The highest BCUT2D eigenvalue weighted by Gasteiger charge is 2.28. The Balaban J connectivity index is 0.00000256. The second-order valence-electron chi connectivity index (χ2n) is 7.08. The highest BCUT2D eigenvalue weighted by Crippen LogP contribution is 2.30. The number of hydrogen-bond donors (Lipinski definition) is 1. The van der Waals surface area contributed by atoms with Crippen LogP contribution in [0.2, 0.25) is 5.02 Å².